The Balaban J connectivity index is 1.76. The quantitative estimate of drug-likeness (QED) is 0.252. The Morgan fingerprint density at radius 1 is 1.05 bits per heavy atom. The molecule has 1 unspecified atom stereocenters. The predicted molar refractivity (Wildman–Crippen MR) is 167 cm³/mol. The third kappa shape index (κ3) is 7.49. The maximum absolute atomic E-state index is 14.1. The van der Waals surface area contributed by atoms with Crippen LogP contribution < -0.4 is 10.9 Å². The van der Waals surface area contributed by atoms with E-state index < -0.39 is 17.7 Å². The summed E-state index contributed by atoms with van der Waals surface area (Å²) in [6, 6.07) is 16.6. The van der Waals surface area contributed by atoms with Crippen molar-refractivity contribution in [1.82, 2.24) is 29.5 Å². The summed E-state index contributed by atoms with van der Waals surface area (Å²) in [5, 5.41) is 7.77. The number of ether oxygens (including phenoxy) is 1. The lowest BCUT2D eigenvalue weighted by atomic mass is 10.1. The van der Waals surface area contributed by atoms with Crippen LogP contribution >= 0.6 is 0 Å². The van der Waals surface area contributed by atoms with Gasteiger partial charge in [-0.1, -0.05) is 55.0 Å². The summed E-state index contributed by atoms with van der Waals surface area (Å²) in [4.78, 5) is 47.1. The van der Waals surface area contributed by atoms with Crippen molar-refractivity contribution in [2.24, 2.45) is 7.05 Å². The number of hydrogen-bond acceptors (Lipinski definition) is 6. The fourth-order valence-corrected chi connectivity index (χ4v) is 5.06. The molecule has 4 aromatic rings. The van der Waals surface area contributed by atoms with Gasteiger partial charge in [0.25, 0.3) is 11.5 Å². The van der Waals surface area contributed by atoms with Gasteiger partial charge in [0, 0.05) is 25.7 Å². The van der Waals surface area contributed by atoms with Crippen LogP contribution in [0.15, 0.2) is 59.4 Å². The zero-order chi connectivity index (χ0) is 31.3. The number of aryl methyl sites for hydroxylation is 3. The maximum Gasteiger partial charge on any atom is 0.407 e. The van der Waals surface area contributed by atoms with Crippen molar-refractivity contribution in [3.63, 3.8) is 0 Å². The number of nitrogens with zero attached hydrogens (tertiary/aromatic N) is 5. The first kappa shape index (κ1) is 31.5. The van der Waals surface area contributed by atoms with Crippen molar-refractivity contribution in [1.29, 1.82) is 0 Å². The molecule has 4 rings (SSSR count). The average Bonchev–Trinajstić information content (AvgIpc) is 3.24. The van der Waals surface area contributed by atoms with Crippen LogP contribution in [0.5, 0.6) is 0 Å². The molecule has 2 aromatic carbocycles. The molecule has 2 heterocycles. The summed E-state index contributed by atoms with van der Waals surface area (Å²) < 4.78 is 8.70. The second-order valence-electron chi connectivity index (χ2n) is 11.8. The minimum Gasteiger partial charge on any atom is -0.444 e. The molecule has 0 aliphatic heterocycles. The highest BCUT2D eigenvalue weighted by Crippen LogP contribution is 2.27. The van der Waals surface area contributed by atoms with Crippen molar-refractivity contribution in [2.75, 3.05) is 13.1 Å². The van der Waals surface area contributed by atoms with Crippen LogP contribution in [0.1, 0.15) is 79.6 Å². The molecule has 2 amide bonds. The predicted octanol–water partition coefficient (Wildman–Crippen LogP) is 5.30. The van der Waals surface area contributed by atoms with Gasteiger partial charge in [0.1, 0.15) is 16.8 Å². The van der Waals surface area contributed by atoms with Crippen molar-refractivity contribution < 1.29 is 14.3 Å². The Morgan fingerprint density at radius 2 is 1.72 bits per heavy atom. The topological polar surface area (TPSA) is 111 Å². The Kier molecular flexibility index (Phi) is 9.68. The van der Waals surface area contributed by atoms with Crippen LogP contribution in [0.25, 0.3) is 11.0 Å². The summed E-state index contributed by atoms with van der Waals surface area (Å²) in [5.74, 6) is 0.296. The van der Waals surface area contributed by atoms with Gasteiger partial charge >= 0.3 is 6.09 Å². The highest BCUT2D eigenvalue weighted by Gasteiger charge is 2.30. The lowest BCUT2D eigenvalue weighted by Crippen LogP contribution is -2.41. The Morgan fingerprint density at radius 3 is 2.35 bits per heavy atom. The summed E-state index contributed by atoms with van der Waals surface area (Å²) in [6.07, 6.45) is 0.474. The smallest absolute Gasteiger partial charge is 0.407 e. The average molecular weight is 587 g/mol. The summed E-state index contributed by atoms with van der Waals surface area (Å²) in [5.41, 5.74) is 2.82. The van der Waals surface area contributed by atoms with Gasteiger partial charge in [-0.2, -0.15) is 5.10 Å². The van der Waals surface area contributed by atoms with E-state index in [1.54, 1.807) is 21.2 Å². The Labute approximate surface area is 252 Å². The minimum atomic E-state index is -0.610. The molecule has 1 N–H and O–H groups in total. The van der Waals surface area contributed by atoms with Crippen molar-refractivity contribution >= 4 is 23.0 Å². The first-order valence-electron chi connectivity index (χ1n) is 14.7. The van der Waals surface area contributed by atoms with Crippen molar-refractivity contribution in [3.8, 4) is 0 Å². The number of rotatable bonds is 10. The number of amides is 2. The van der Waals surface area contributed by atoms with Gasteiger partial charge < -0.3 is 15.0 Å². The van der Waals surface area contributed by atoms with Gasteiger partial charge in [0.05, 0.1) is 18.3 Å². The molecule has 43 heavy (non-hydrogen) atoms. The van der Waals surface area contributed by atoms with E-state index in [1.165, 1.54) is 0 Å². The first-order chi connectivity index (χ1) is 20.4. The van der Waals surface area contributed by atoms with Crippen LogP contribution in [0.4, 0.5) is 4.79 Å². The van der Waals surface area contributed by atoms with Gasteiger partial charge in [0.15, 0.2) is 5.65 Å². The molecule has 0 spiro atoms. The number of carbonyl (C=O) groups is 2. The highest BCUT2D eigenvalue weighted by molar-refractivity contribution is 5.94. The molecule has 0 fully saturated rings. The van der Waals surface area contributed by atoms with E-state index in [2.05, 4.69) is 10.4 Å². The Bertz CT molecular complexity index is 1630. The summed E-state index contributed by atoms with van der Waals surface area (Å²) >= 11 is 0. The second kappa shape index (κ2) is 13.2. The van der Waals surface area contributed by atoms with Crippen LogP contribution in [0, 0.1) is 13.8 Å². The number of nitrogens with one attached hydrogen (secondary N) is 1. The summed E-state index contributed by atoms with van der Waals surface area (Å²) in [6.45, 7) is 12.2. The largest absolute Gasteiger partial charge is 0.444 e. The standard InChI is InChI=1S/C33H42N6O4/c1-8-26(29-35-28-27(23(3)37(7)36-28)31(41)39(29)21-24-13-10-9-11-14-24)38(30(40)25-17-15-22(2)16-18-25)20-12-19-34-32(42)43-33(4,5)6/h9-11,13-18,26H,8,12,19-21H2,1-7H3,(H,34,42). The van der Waals surface area contributed by atoms with E-state index in [0.717, 1.165) is 16.8 Å². The SMILES string of the molecule is CCC(c1nc2nn(C)c(C)c2c(=O)n1Cc1ccccc1)N(CCCNC(=O)OC(C)(C)C)C(=O)c1ccc(C)cc1. The number of hydrogen-bond donors (Lipinski definition) is 1. The number of benzene rings is 2. The molecular formula is C33H42N6O4. The molecule has 10 nitrogen and oxygen atoms in total. The minimum absolute atomic E-state index is 0.179. The van der Waals surface area contributed by atoms with E-state index in [-0.39, 0.29) is 11.5 Å². The molecule has 228 valence electrons. The number of alkyl carbamates (subject to hydrolysis) is 1. The van der Waals surface area contributed by atoms with Crippen LogP contribution in [-0.2, 0) is 18.3 Å². The Hall–Kier alpha value is -4.47. The molecular weight excluding hydrogens is 544 g/mol. The van der Waals surface area contributed by atoms with E-state index in [1.807, 2.05) is 96.1 Å². The third-order valence-corrected chi connectivity index (χ3v) is 7.32. The lowest BCUT2D eigenvalue weighted by Gasteiger charge is -2.32. The van der Waals surface area contributed by atoms with Gasteiger partial charge in [-0.25, -0.2) is 9.78 Å². The van der Waals surface area contributed by atoms with E-state index in [0.29, 0.717) is 54.9 Å². The number of carbonyl (C=O) groups excluding carboxylic acids is 2. The van der Waals surface area contributed by atoms with Crippen LogP contribution in [0.2, 0.25) is 0 Å². The molecule has 0 aliphatic carbocycles. The third-order valence-electron chi connectivity index (χ3n) is 7.32. The van der Waals surface area contributed by atoms with Gasteiger partial charge in [0.2, 0.25) is 0 Å². The van der Waals surface area contributed by atoms with E-state index in [4.69, 9.17) is 9.72 Å². The maximum atomic E-state index is 14.1. The van der Waals surface area contributed by atoms with E-state index in [9.17, 15) is 14.4 Å². The zero-order valence-corrected chi connectivity index (χ0v) is 26.2. The number of aromatic nitrogens is 4. The fraction of sp³-hybridized carbons (Fsp3) is 0.424. The highest BCUT2D eigenvalue weighted by atomic mass is 16.6. The molecule has 0 saturated carbocycles. The van der Waals surface area contributed by atoms with Crippen molar-refractivity contribution in [3.05, 3.63) is 93.2 Å². The molecule has 0 bridgehead atoms. The lowest BCUT2D eigenvalue weighted by molar-refractivity contribution is 0.0523. The molecule has 1 atom stereocenters. The van der Waals surface area contributed by atoms with Gasteiger partial charge in [-0.15, -0.1) is 0 Å². The van der Waals surface area contributed by atoms with Crippen LogP contribution in [-0.4, -0.2) is 54.9 Å². The molecule has 0 saturated heterocycles. The summed E-state index contributed by atoms with van der Waals surface area (Å²) in [7, 11) is 1.79. The van der Waals surface area contributed by atoms with Gasteiger partial charge in [-0.3, -0.25) is 18.8 Å². The molecule has 2 aromatic heterocycles. The van der Waals surface area contributed by atoms with Crippen LogP contribution in [0.3, 0.4) is 0 Å². The molecule has 0 aliphatic rings. The normalized spacial score (nSPS) is 12.3. The van der Waals surface area contributed by atoms with Gasteiger partial charge in [-0.05, 0) is 65.2 Å². The second-order valence-corrected chi connectivity index (χ2v) is 11.8. The fourth-order valence-electron chi connectivity index (χ4n) is 5.06. The molecule has 10 heteroatoms. The monoisotopic (exact) mass is 586 g/mol. The molecule has 0 radical (unpaired) electrons. The zero-order valence-electron chi connectivity index (χ0n) is 26.2. The number of fused-ring (bicyclic) bond motifs is 1. The van der Waals surface area contributed by atoms with Crippen molar-refractivity contribution in [2.45, 2.75) is 72.6 Å². The first-order valence-corrected chi connectivity index (χ1v) is 14.7. The van der Waals surface area contributed by atoms with E-state index >= 15 is 0 Å².